The summed E-state index contributed by atoms with van der Waals surface area (Å²) < 4.78 is 0. The maximum absolute atomic E-state index is 11.7. The summed E-state index contributed by atoms with van der Waals surface area (Å²) in [6.45, 7) is 4.52. The van der Waals surface area contributed by atoms with Gasteiger partial charge in [-0.3, -0.25) is 0 Å². The first kappa shape index (κ1) is 11.6. The summed E-state index contributed by atoms with van der Waals surface area (Å²) in [5.74, 6) is 0.410. The molecule has 0 saturated carbocycles. The van der Waals surface area contributed by atoms with E-state index in [1.54, 1.807) is 4.90 Å². The van der Waals surface area contributed by atoms with Gasteiger partial charge in [0, 0.05) is 13.0 Å². The Morgan fingerprint density at radius 2 is 2.00 bits per heavy atom. The quantitative estimate of drug-likeness (QED) is 0.862. The topological polar surface area (TPSA) is 58.7 Å². The van der Waals surface area contributed by atoms with Crippen LogP contribution in [0.15, 0.2) is 35.3 Å². The van der Waals surface area contributed by atoms with Crippen LogP contribution in [0.2, 0.25) is 0 Å². The normalized spacial score (nSPS) is 24.0. The predicted octanol–water partition coefficient (Wildman–Crippen LogP) is 1.80. The molecule has 1 unspecified atom stereocenters. The smallest absolute Gasteiger partial charge is 0.346 e. The molecule has 0 saturated heterocycles. The van der Waals surface area contributed by atoms with Crippen molar-refractivity contribution in [1.82, 2.24) is 4.90 Å². The molecule has 0 spiro atoms. The summed E-state index contributed by atoms with van der Waals surface area (Å²) in [5.41, 5.74) is 6.57. The lowest BCUT2D eigenvalue weighted by atomic mass is 9.91. The minimum Gasteiger partial charge on any atom is -0.385 e. The molecule has 90 valence electrons. The van der Waals surface area contributed by atoms with Gasteiger partial charge in [0.25, 0.3) is 0 Å². The highest BCUT2D eigenvalue weighted by atomic mass is 16.2. The van der Waals surface area contributed by atoms with Crippen LogP contribution < -0.4 is 5.73 Å². The summed E-state index contributed by atoms with van der Waals surface area (Å²) >= 11 is 0. The lowest BCUT2D eigenvalue weighted by Crippen LogP contribution is -2.53. The summed E-state index contributed by atoms with van der Waals surface area (Å²) in [7, 11) is 0. The first-order valence-electron chi connectivity index (χ1n) is 5.78. The van der Waals surface area contributed by atoms with Gasteiger partial charge in [-0.05, 0) is 19.4 Å². The van der Waals surface area contributed by atoms with E-state index >= 15 is 0 Å². The number of amidine groups is 1. The molecule has 2 N–H and O–H groups in total. The third-order valence-corrected chi connectivity index (χ3v) is 3.30. The van der Waals surface area contributed by atoms with E-state index in [0.29, 0.717) is 18.8 Å². The molecule has 17 heavy (non-hydrogen) atoms. The number of nitrogens with two attached hydrogens (primary N) is 1. The zero-order chi connectivity index (χ0) is 12.5. The van der Waals surface area contributed by atoms with Crippen LogP contribution in [0.4, 0.5) is 4.79 Å². The van der Waals surface area contributed by atoms with Gasteiger partial charge in [0.05, 0.1) is 0 Å². The highest BCUT2D eigenvalue weighted by molar-refractivity contribution is 6.05. The summed E-state index contributed by atoms with van der Waals surface area (Å²) in [4.78, 5) is 17.3. The minimum atomic E-state index is -0.493. The van der Waals surface area contributed by atoms with Crippen molar-refractivity contribution in [3.05, 3.63) is 35.9 Å². The van der Waals surface area contributed by atoms with Gasteiger partial charge in [-0.1, -0.05) is 30.3 Å². The van der Waals surface area contributed by atoms with Crippen LogP contribution in [0, 0.1) is 0 Å². The molecule has 1 aromatic rings. The fraction of sp³-hybridized carbons (Fsp3) is 0.385. The molecule has 0 bridgehead atoms. The molecule has 4 nitrogen and oxygen atoms in total. The molecule has 0 aliphatic carbocycles. The third-order valence-electron chi connectivity index (χ3n) is 3.30. The van der Waals surface area contributed by atoms with E-state index in [0.717, 1.165) is 5.56 Å². The monoisotopic (exact) mass is 231 g/mol. The Labute approximate surface area is 101 Å². The first-order valence-corrected chi connectivity index (χ1v) is 5.78. The van der Waals surface area contributed by atoms with Crippen molar-refractivity contribution in [3.63, 3.8) is 0 Å². The van der Waals surface area contributed by atoms with Crippen molar-refractivity contribution < 1.29 is 4.79 Å². The number of hydrogen-bond donors (Lipinski definition) is 1. The van der Waals surface area contributed by atoms with Crippen molar-refractivity contribution >= 4 is 11.9 Å². The summed E-state index contributed by atoms with van der Waals surface area (Å²) in [6.07, 6.45) is 0.697. The van der Waals surface area contributed by atoms with Crippen LogP contribution in [0.25, 0.3) is 0 Å². The number of urea groups is 1. The number of hydrogen-bond acceptors (Lipinski definition) is 2. The average molecular weight is 231 g/mol. The molecule has 1 atom stereocenters. The third kappa shape index (κ3) is 1.90. The molecule has 2 amide bonds. The number of benzene rings is 1. The van der Waals surface area contributed by atoms with Crippen molar-refractivity contribution in [3.8, 4) is 0 Å². The van der Waals surface area contributed by atoms with Gasteiger partial charge >= 0.3 is 6.03 Å². The molecule has 1 heterocycles. The second-order valence-electron chi connectivity index (χ2n) is 4.46. The van der Waals surface area contributed by atoms with Crippen molar-refractivity contribution in [2.24, 2.45) is 10.7 Å². The van der Waals surface area contributed by atoms with Gasteiger partial charge in [-0.2, -0.15) is 4.99 Å². The molecule has 4 heteroatoms. The van der Waals surface area contributed by atoms with Crippen LogP contribution in [0.3, 0.4) is 0 Å². The molecule has 2 rings (SSSR count). The molecule has 0 aromatic heterocycles. The zero-order valence-corrected chi connectivity index (χ0v) is 10.2. The van der Waals surface area contributed by atoms with Crippen LogP contribution in [-0.2, 0) is 6.42 Å². The molecule has 0 radical (unpaired) electrons. The lowest BCUT2D eigenvalue weighted by Gasteiger charge is -2.34. The SMILES string of the molecule is CCN1C(=O)N=C(N)C1(C)Cc1ccccc1. The van der Waals surface area contributed by atoms with E-state index in [4.69, 9.17) is 5.73 Å². The molecular formula is C13H17N3O. The standard InChI is InChI=1S/C13H17N3O/c1-3-16-12(17)15-11(14)13(16,2)9-10-7-5-4-6-8-10/h4-8H,3,9H2,1-2H3,(H2,14,15,17). The Bertz CT molecular complexity index is 455. The van der Waals surface area contributed by atoms with E-state index < -0.39 is 5.54 Å². The van der Waals surface area contributed by atoms with Crippen LogP contribution in [0.1, 0.15) is 19.4 Å². The molecule has 1 aliphatic heterocycles. The first-order chi connectivity index (χ1) is 8.08. The van der Waals surface area contributed by atoms with E-state index in [9.17, 15) is 4.79 Å². The average Bonchev–Trinajstić information content (AvgIpc) is 2.50. The summed E-state index contributed by atoms with van der Waals surface area (Å²) in [6, 6.07) is 9.78. The maximum atomic E-state index is 11.7. The van der Waals surface area contributed by atoms with Crippen molar-refractivity contribution in [1.29, 1.82) is 0 Å². The van der Waals surface area contributed by atoms with Gasteiger partial charge < -0.3 is 10.6 Å². The van der Waals surface area contributed by atoms with E-state index in [1.165, 1.54) is 0 Å². The van der Waals surface area contributed by atoms with Gasteiger partial charge in [0.15, 0.2) is 0 Å². The highest BCUT2D eigenvalue weighted by Gasteiger charge is 2.43. The van der Waals surface area contributed by atoms with Crippen molar-refractivity contribution in [2.75, 3.05) is 6.54 Å². The predicted molar refractivity (Wildman–Crippen MR) is 67.9 cm³/mol. The van der Waals surface area contributed by atoms with Gasteiger partial charge in [-0.15, -0.1) is 0 Å². The molecule has 1 aliphatic rings. The lowest BCUT2D eigenvalue weighted by molar-refractivity contribution is 0.182. The number of amides is 2. The Morgan fingerprint density at radius 3 is 2.59 bits per heavy atom. The second kappa shape index (κ2) is 4.20. The molecular weight excluding hydrogens is 214 g/mol. The second-order valence-corrected chi connectivity index (χ2v) is 4.46. The number of likely N-dealkylation sites (N-methyl/N-ethyl adjacent to an activating group) is 1. The largest absolute Gasteiger partial charge is 0.385 e. The van der Waals surface area contributed by atoms with Crippen molar-refractivity contribution in [2.45, 2.75) is 25.8 Å². The Morgan fingerprint density at radius 1 is 1.35 bits per heavy atom. The fourth-order valence-corrected chi connectivity index (χ4v) is 2.30. The van der Waals surface area contributed by atoms with Crippen LogP contribution >= 0.6 is 0 Å². The van der Waals surface area contributed by atoms with Crippen LogP contribution in [0.5, 0.6) is 0 Å². The van der Waals surface area contributed by atoms with Crippen LogP contribution in [-0.4, -0.2) is 28.9 Å². The number of carbonyl (C=O) groups excluding carboxylic acids is 1. The Kier molecular flexibility index (Phi) is 2.88. The molecule has 0 fully saturated rings. The maximum Gasteiger partial charge on any atom is 0.346 e. The summed E-state index contributed by atoms with van der Waals surface area (Å²) in [5, 5.41) is 0. The van der Waals surface area contributed by atoms with Gasteiger partial charge in [-0.25, -0.2) is 4.79 Å². The van der Waals surface area contributed by atoms with Gasteiger partial charge in [0.1, 0.15) is 11.4 Å². The van der Waals surface area contributed by atoms with E-state index in [-0.39, 0.29) is 6.03 Å². The number of carbonyl (C=O) groups is 1. The fourth-order valence-electron chi connectivity index (χ4n) is 2.30. The Balaban J connectivity index is 2.29. The zero-order valence-electron chi connectivity index (χ0n) is 10.2. The number of rotatable bonds is 3. The van der Waals surface area contributed by atoms with E-state index in [2.05, 4.69) is 4.99 Å². The number of nitrogens with zero attached hydrogens (tertiary/aromatic N) is 2. The minimum absolute atomic E-state index is 0.233. The Hall–Kier alpha value is -1.84. The molecule has 1 aromatic carbocycles. The van der Waals surface area contributed by atoms with E-state index in [1.807, 2.05) is 44.2 Å². The highest BCUT2D eigenvalue weighted by Crippen LogP contribution is 2.26. The number of aliphatic imine (C=N–C) groups is 1. The van der Waals surface area contributed by atoms with Gasteiger partial charge in [0.2, 0.25) is 0 Å².